The van der Waals surface area contributed by atoms with Gasteiger partial charge < -0.3 is 45.1 Å². The normalized spacial score (nSPS) is 36.6. The summed E-state index contributed by atoms with van der Waals surface area (Å²) in [5.41, 5.74) is 11.3. The van der Waals surface area contributed by atoms with Gasteiger partial charge in [-0.1, -0.05) is 0 Å². The monoisotopic (exact) mass is 652 g/mol. The summed E-state index contributed by atoms with van der Waals surface area (Å²) in [6.45, 7) is -1.02. The molecule has 7 rings (SSSR count). The fraction of sp³-hybridized carbons (Fsp3) is 0.500. The number of anilines is 2. The minimum Gasteiger partial charge on any atom is -0.387 e. The fourth-order valence-corrected chi connectivity index (χ4v) is 7.03. The maximum absolute atomic E-state index is 13.2. The molecule has 4 aromatic rings. The Morgan fingerprint density at radius 3 is 2.50 bits per heavy atom. The predicted octanol–water partition coefficient (Wildman–Crippen LogP) is -2.05. The molecule has 3 aliphatic heterocycles. The van der Waals surface area contributed by atoms with Crippen molar-refractivity contribution in [1.82, 2.24) is 39.0 Å². The molecule has 0 aromatic carbocycles. The van der Waals surface area contributed by atoms with Crippen LogP contribution in [0.2, 0.25) is 0 Å². The number of nitrogens with one attached hydrogen (secondary N) is 1. The van der Waals surface area contributed by atoms with Crippen LogP contribution in [0.1, 0.15) is 12.5 Å². The molecular weight excluding hydrogens is 629 g/mol. The lowest BCUT2D eigenvalue weighted by molar-refractivity contribution is -0.0625. The van der Waals surface area contributed by atoms with E-state index in [1.807, 2.05) is 0 Å². The molecule has 3 fully saturated rings. The number of imidazole rings is 2. The second-order valence-electron chi connectivity index (χ2n) is 9.96. The van der Waals surface area contributed by atoms with Crippen molar-refractivity contribution in [3.05, 3.63) is 29.3 Å². The SMILES string of the molecule is [B]P1OCC2OC(n3cnc4c(=O)[nH]c(N)nc43)C(OP(=O)(O)OCC3OC(n4cnc5c(N)ncnc54)C(O)C3O1)C2O. The Balaban J connectivity index is 1.18. The number of H-pyrrole nitrogens is 1. The number of ether oxygens (including phenoxy) is 2. The lowest BCUT2D eigenvalue weighted by Crippen LogP contribution is -2.36. The van der Waals surface area contributed by atoms with Crippen molar-refractivity contribution in [2.24, 2.45) is 0 Å². The van der Waals surface area contributed by atoms with E-state index in [9.17, 15) is 24.5 Å². The molecule has 2 radical (unpaired) electrons. The number of fused-ring (bicyclic) bond motifs is 5. The second kappa shape index (κ2) is 11.0. The highest BCUT2D eigenvalue weighted by Gasteiger charge is 2.52. The van der Waals surface area contributed by atoms with E-state index < -0.39 is 77.3 Å². The van der Waals surface area contributed by atoms with Crippen LogP contribution in [0.3, 0.4) is 0 Å². The smallest absolute Gasteiger partial charge is 0.387 e. The molecule has 232 valence electrons. The number of nitrogens with zero attached hydrogens (tertiary/aromatic N) is 7. The van der Waals surface area contributed by atoms with E-state index in [0.717, 1.165) is 0 Å². The Morgan fingerprint density at radius 2 is 1.70 bits per heavy atom. The Hall–Kier alpha value is -3.14. The number of nitrogens with two attached hydrogens (primary N) is 2. The van der Waals surface area contributed by atoms with E-state index in [4.69, 9.17) is 46.6 Å². The highest BCUT2D eigenvalue weighted by atomic mass is 31.2. The number of aliphatic hydroxyl groups excluding tert-OH is 2. The van der Waals surface area contributed by atoms with E-state index >= 15 is 0 Å². The van der Waals surface area contributed by atoms with Gasteiger partial charge in [0.25, 0.3) is 5.56 Å². The summed E-state index contributed by atoms with van der Waals surface area (Å²) in [6, 6.07) is 0. The van der Waals surface area contributed by atoms with Crippen LogP contribution < -0.4 is 17.0 Å². The Bertz CT molecular complexity index is 1830. The third-order valence-electron chi connectivity index (χ3n) is 7.26. The third kappa shape index (κ3) is 5.07. The van der Waals surface area contributed by atoms with Crippen LogP contribution >= 0.6 is 16.1 Å². The van der Waals surface area contributed by atoms with Crippen molar-refractivity contribution in [1.29, 1.82) is 0 Å². The van der Waals surface area contributed by atoms with E-state index in [1.54, 1.807) is 0 Å². The molecule has 3 saturated heterocycles. The van der Waals surface area contributed by atoms with E-state index in [0.29, 0.717) is 0 Å². The topological polar surface area (TPSA) is 292 Å². The molecular formula is C20H23BN10O11P2. The van der Waals surface area contributed by atoms with Crippen LogP contribution in [-0.4, -0.2) is 112 Å². The molecule has 7 heterocycles. The molecule has 2 bridgehead atoms. The van der Waals surface area contributed by atoms with Crippen molar-refractivity contribution < 1.29 is 47.2 Å². The molecule has 44 heavy (non-hydrogen) atoms. The van der Waals surface area contributed by atoms with Gasteiger partial charge in [-0.2, -0.15) is 4.98 Å². The zero-order chi connectivity index (χ0) is 30.9. The predicted molar refractivity (Wildman–Crippen MR) is 146 cm³/mol. The maximum Gasteiger partial charge on any atom is 0.472 e. The number of aromatic amines is 1. The van der Waals surface area contributed by atoms with Gasteiger partial charge in [0.2, 0.25) is 5.95 Å². The quantitative estimate of drug-likeness (QED) is 0.100. The minimum absolute atomic E-state index is 0.0425. The molecule has 24 heteroatoms. The first-order valence-electron chi connectivity index (χ1n) is 12.8. The molecule has 0 spiro atoms. The molecule has 0 saturated carbocycles. The van der Waals surface area contributed by atoms with Gasteiger partial charge in [-0.05, 0) is 0 Å². The zero-order valence-corrected chi connectivity index (χ0v) is 23.9. The van der Waals surface area contributed by atoms with Crippen LogP contribution in [0.4, 0.5) is 11.8 Å². The zero-order valence-electron chi connectivity index (χ0n) is 22.1. The summed E-state index contributed by atoms with van der Waals surface area (Å²) < 4.78 is 49.8. The van der Waals surface area contributed by atoms with E-state index in [-0.39, 0.29) is 40.7 Å². The van der Waals surface area contributed by atoms with Gasteiger partial charge in [-0.25, -0.2) is 24.5 Å². The van der Waals surface area contributed by atoms with Gasteiger partial charge >= 0.3 is 7.82 Å². The van der Waals surface area contributed by atoms with Gasteiger partial charge in [0, 0.05) is 0 Å². The number of aliphatic hydroxyl groups is 2. The van der Waals surface area contributed by atoms with E-state index in [2.05, 4.69) is 29.9 Å². The minimum atomic E-state index is -4.99. The first-order chi connectivity index (χ1) is 21.0. The maximum atomic E-state index is 13.2. The number of rotatable bonds is 2. The van der Waals surface area contributed by atoms with Crippen LogP contribution in [0.15, 0.2) is 23.8 Å². The number of hydrogen-bond donors (Lipinski definition) is 6. The average Bonchev–Trinajstić information content (AvgIpc) is 3.72. The molecule has 10 unspecified atom stereocenters. The lowest BCUT2D eigenvalue weighted by atomic mass is 10.1. The summed E-state index contributed by atoms with van der Waals surface area (Å²) in [5.74, 6) is -0.122. The lowest BCUT2D eigenvalue weighted by Gasteiger charge is -2.26. The van der Waals surface area contributed by atoms with Gasteiger partial charge in [0.1, 0.15) is 56.7 Å². The molecule has 3 aliphatic rings. The molecule has 0 aliphatic carbocycles. The first kappa shape index (κ1) is 29.6. The van der Waals surface area contributed by atoms with Crippen molar-refractivity contribution >= 4 is 57.7 Å². The average molecular weight is 652 g/mol. The summed E-state index contributed by atoms with van der Waals surface area (Å²) in [7, 11) is -1.12. The molecule has 21 nitrogen and oxygen atoms in total. The van der Waals surface area contributed by atoms with Crippen LogP contribution in [-0.2, 0) is 32.1 Å². The Morgan fingerprint density at radius 1 is 0.977 bits per heavy atom. The van der Waals surface area contributed by atoms with Gasteiger partial charge in [-0.15, -0.1) is 0 Å². The summed E-state index contributed by atoms with van der Waals surface area (Å²) >= 11 is 0. The summed E-state index contributed by atoms with van der Waals surface area (Å²) in [5, 5.41) is 22.3. The Kier molecular flexibility index (Phi) is 7.42. The van der Waals surface area contributed by atoms with Crippen LogP contribution in [0, 0.1) is 0 Å². The summed E-state index contributed by atoms with van der Waals surface area (Å²) in [6.07, 6.45) is -6.94. The number of phosphoric ester groups is 1. The third-order valence-corrected chi connectivity index (χ3v) is 9.10. The second-order valence-corrected chi connectivity index (χ2v) is 12.4. The van der Waals surface area contributed by atoms with Crippen molar-refractivity contribution in [2.45, 2.75) is 49.1 Å². The Labute approximate surface area is 247 Å². The number of phosphoric acid groups is 1. The number of aromatic nitrogens is 8. The largest absolute Gasteiger partial charge is 0.472 e. The highest BCUT2D eigenvalue weighted by molar-refractivity contribution is 7.74. The highest BCUT2D eigenvalue weighted by Crippen LogP contribution is 2.51. The molecule has 0 amide bonds. The van der Waals surface area contributed by atoms with Gasteiger partial charge in [0.05, 0.1) is 25.9 Å². The molecule has 8 N–H and O–H groups in total. The van der Waals surface area contributed by atoms with Crippen molar-refractivity contribution in [2.75, 3.05) is 24.7 Å². The standard InChI is InChI=1S/C20H23BN10O11P2/c21-43-37-1-6-10(32)13(19(39-6)31-5-27-9-16(31)28-20(23)29-17(9)34)42-44(35,36)38-2-7-12(41-43)11(33)18(40-7)30-4-26-8-14(22)24-3-25-15(8)30/h3-7,10-13,18-19,32-33H,1-2H2,(H,35,36)(H2,22,24,25)(H3,23,28,29,34). The fourth-order valence-electron chi connectivity index (χ4n) is 5.24. The van der Waals surface area contributed by atoms with Crippen molar-refractivity contribution in [3.63, 3.8) is 0 Å². The van der Waals surface area contributed by atoms with Crippen molar-refractivity contribution in [3.8, 4) is 0 Å². The first-order valence-corrected chi connectivity index (χ1v) is 15.6. The molecule has 4 aromatic heterocycles. The molecule has 10 atom stereocenters. The van der Waals surface area contributed by atoms with Gasteiger partial charge in [0.15, 0.2) is 42.7 Å². The van der Waals surface area contributed by atoms with Gasteiger partial charge in [-0.3, -0.25) is 28.0 Å². The number of nitrogen functional groups attached to an aromatic ring is 2. The van der Waals surface area contributed by atoms with E-state index in [1.165, 1.54) is 28.1 Å². The van der Waals surface area contributed by atoms with Crippen LogP contribution in [0.5, 0.6) is 0 Å². The van der Waals surface area contributed by atoms with Crippen LogP contribution in [0.25, 0.3) is 22.3 Å². The summed E-state index contributed by atoms with van der Waals surface area (Å²) in [4.78, 5) is 45.6. The number of hydrogen-bond acceptors (Lipinski definition) is 17.